The summed E-state index contributed by atoms with van der Waals surface area (Å²) in [6.07, 6.45) is 1.07. The lowest BCUT2D eigenvalue weighted by Crippen LogP contribution is -2.05. The molecule has 132 valence electrons. The third-order valence-corrected chi connectivity index (χ3v) is 4.71. The second-order valence-electron chi connectivity index (χ2n) is 6.86. The molecule has 25 heavy (non-hydrogen) atoms. The van der Waals surface area contributed by atoms with E-state index in [-0.39, 0.29) is 17.8 Å². The van der Waals surface area contributed by atoms with E-state index in [1.165, 1.54) is 0 Å². The average Bonchev–Trinajstić information content (AvgIpc) is 3.35. The second-order valence-corrected chi connectivity index (χ2v) is 7.26. The zero-order valence-corrected chi connectivity index (χ0v) is 15.5. The van der Waals surface area contributed by atoms with Crippen molar-refractivity contribution in [1.29, 1.82) is 0 Å². The van der Waals surface area contributed by atoms with Crippen molar-refractivity contribution in [3.63, 3.8) is 0 Å². The van der Waals surface area contributed by atoms with Gasteiger partial charge in [0.2, 0.25) is 0 Å². The number of Topliss-reactive ketones (excluding diaryl/α,β-unsaturated/α-hetero) is 1. The molecule has 0 spiro atoms. The Morgan fingerprint density at radius 3 is 2.44 bits per heavy atom. The van der Waals surface area contributed by atoms with E-state index < -0.39 is 0 Å². The van der Waals surface area contributed by atoms with Gasteiger partial charge in [0.1, 0.15) is 17.3 Å². The first-order valence-electron chi connectivity index (χ1n) is 8.64. The Labute approximate surface area is 153 Å². The van der Waals surface area contributed by atoms with E-state index in [1.807, 2.05) is 56.3 Å². The predicted molar refractivity (Wildman–Crippen MR) is 100 cm³/mol. The molecule has 2 aromatic carbocycles. The van der Waals surface area contributed by atoms with Crippen LogP contribution in [0.3, 0.4) is 0 Å². The number of rotatable bonds is 7. The van der Waals surface area contributed by atoms with E-state index in [4.69, 9.17) is 21.1 Å². The summed E-state index contributed by atoms with van der Waals surface area (Å²) in [4.78, 5) is 11.3. The smallest absolute Gasteiger partial charge is 0.133 e. The number of hydrogen-bond donors (Lipinski definition) is 0. The van der Waals surface area contributed by atoms with Crippen LogP contribution < -0.4 is 9.47 Å². The average molecular weight is 359 g/mol. The fourth-order valence-electron chi connectivity index (χ4n) is 2.93. The zero-order chi connectivity index (χ0) is 18.0. The number of halogens is 1. The predicted octanol–water partition coefficient (Wildman–Crippen LogP) is 5.40. The van der Waals surface area contributed by atoms with Crippen LogP contribution in [0.2, 0.25) is 5.02 Å². The van der Waals surface area contributed by atoms with E-state index in [2.05, 4.69) is 0 Å². The first-order valence-corrected chi connectivity index (χ1v) is 9.01. The summed E-state index contributed by atoms with van der Waals surface area (Å²) in [5, 5.41) is 0.687. The summed E-state index contributed by atoms with van der Waals surface area (Å²) in [6, 6.07) is 13.5. The molecule has 1 saturated carbocycles. The lowest BCUT2D eigenvalue weighted by molar-refractivity contribution is -0.118. The fraction of sp³-hybridized carbons (Fsp3) is 0.381. The summed E-state index contributed by atoms with van der Waals surface area (Å²) in [5.41, 5.74) is 1.95. The van der Waals surface area contributed by atoms with E-state index in [9.17, 15) is 4.79 Å². The highest BCUT2D eigenvalue weighted by Gasteiger charge is 2.41. The highest BCUT2D eigenvalue weighted by molar-refractivity contribution is 6.33. The van der Waals surface area contributed by atoms with Crippen LogP contribution in [0, 0.1) is 11.8 Å². The SMILES string of the molecule is CC(=O)C1CC1COc1ccc(-c2cc(OC(C)C)ccc2Cl)cc1. The standard InChI is InChI=1S/C21H23ClO3/c1-13(2)25-18-8-9-21(22)20(11-18)15-4-6-17(7-5-15)24-12-16-10-19(16)14(3)23/h4-9,11,13,16,19H,10,12H2,1-3H3. The minimum Gasteiger partial charge on any atom is -0.493 e. The minimum atomic E-state index is 0.117. The maximum Gasteiger partial charge on any atom is 0.133 e. The molecule has 1 aliphatic rings. The number of benzene rings is 2. The van der Waals surface area contributed by atoms with Gasteiger partial charge < -0.3 is 9.47 Å². The number of ketones is 1. The first-order chi connectivity index (χ1) is 11.9. The van der Waals surface area contributed by atoms with Crippen LogP contribution in [0.15, 0.2) is 42.5 Å². The lowest BCUT2D eigenvalue weighted by Gasteiger charge is -2.13. The summed E-state index contributed by atoms with van der Waals surface area (Å²) in [7, 11) is 0. The molecule has 0 bridgehead atoms. The summed E-state index contributed by atoms with van der Waals surface area (Å²) >= 11 is 6.35. The van der Waals surface area contributed by atoms with Crippen LogP contribution >= 0.6 is 11.6 Å². The molecule has 0 N–H and O–H groups in total. The summed E-state index contributed by atoms with van der Waals surface area (Å²) in [5.74, 6) is 2.45. The van der Waals surface area contributed by atoms with Gasteiger partial charge in [0, 0.05) is 22.4 Å². The van der Waals surface area contributed by atoms with Crippen molar-refractivity contribution in [2.45, 2.75) is 33.3 Å². The molecule has 0 radical (unpaired) electrons. The minimum absolute atomic E-state index is 0.117. The molecule has 0 amide bonds. The lowest BCUT2D eigenvalue weighted by atomic mass is 10.1. The monoisotopic (exact) mass is 358 g/mol. The van der Waals surface area contributed by atoms with Crippen LogP contribution in [-0.4, -0.2) is 18.5 Å². The van der Waals surface area contributed by atoms with Gasteiger partial charge in [0.25, 0.3) is 0 Å². The van der Waals surface area contributed by atoms with E-state index >= 15 is 0 Å². The molecular weight excluding hydrogens is 336 g/mol. The molecule has 1 aliphatic carbocycles. The Hall–Kier alpha value is -2.00. The van der Waals surface area contributed by atoms with Crippen molar-refractivity contribution >= 4 is 17.4 Å². The fourth-order valence-corrected chi connectivity index (χ4v) is 3.16. The Balaban J connectivity index is 1.67. The third-order valence-electron chi connectivity index (χ3n) is 4.38. The van der Waals surface area contributed by atoms with Gasteiger partial charge >= 0.3 is 0 Å². The van der Waals surface area contributed by atoms with Gasteiger partial charge in [0.15, 0.2) is 0 Å². The van der Waals surface area contributed by atoms with Crippen LogP contribution in [0.25, 0.3) is 11.1 Å². The Kier molecular flexibility index (Phi) is 5.33. The number of carbonyl (C=O) groups excluding carboxylic acids is 1. The topological polar surface area (TPSA) is 35.5 Å². The van der Waals surface area contributed by atoms with Gasteiger partial charge in [-0.15, -0.1) is 0 Å². The maximum atomic E-state index is 11.3. The van der Waals surface area contributed by atoms with E-state index in [0.29, 0.717) is 17.5 Å². The quantitative estimate of drug-likeness (QED) is 0.664. The van der Waals surface area contributed by atoms with Gasteiger partial charge in [-0.2, -0.15) is 0 Å². The van der Waals surface area contributed by atoms with Crippen LogP contribution in [-0.2, 0) is 4.79 Å². The van der Waals surface area contributed by atoms with Crippen molar-refractivity contribution in [3.8, 4) is 22.6 Å². The first kappa shape index (κ1) is 17.8. The van der Waals surface area contributed by atoms with Crippen molar-refractivity contribution in [2.24, 2.45) is 11.8 Å². The van der Waals surface area contributed by atoms with Crippen LogP contribution in [0.1, 0.15) is 27.2 Å². The van der Waals surface area contributed by atoms with Crippen LogP contribution in [0.5, 0.6) is 11.5 Å². The molecule has 1 fully saturated rings. The number of hydrogen-bond acceptors (Lipinski definition) is 3. The molecule has 0 saturated heterocycles. The molecule has 3 nitrogen and oxygen atoms in total. The zero-order valence-electron chi connectivity index (χ0n) is 14.8. The Bertz CT molecular complexity index is 752. The molecule has 2 aromatic rings. The Morgan fingerprint density at radius 2 is 1.84 bits per heavy atom. The van der Waals surface area contributed by atoms with E-state index in [0.717, 1.165) is 29.0 Å². The molecule has 2 atom stereocenters. The Morgan fingerprint density at radius 1 is 1.16 bits per heavy atom. The van der Waals surface area contributed by atoms with Crippen molar-refractivity contribution < 1.29 is 14.3 Å². The van der Waals surface area contributed by atoms with Gasteiger partial charge in [-0.1, -0.05) is 23.7 Å². The van der Waals surface area contributed by atoms with Gasteiger partial charge in [-0.25, -0.2) is 0 Å². The van der Waals surface area contributed by atoms with Crippen LogP contribution in [0.4, 0.5) is 0 Å². The summed E-state index contributed by atoms with van der Waals surface area (Å²) in [6.45, 7) is 6.25. The summed E-state index contributed by atoms with van der Waals surface area (Å²) < 4.78 is 11.5. The van der Waals surface area contributed by atoms with Crippen molar-refractivity contribution in [2.75, 3.05) is 6.61 Å². The molecule has 0 heterocycles. The third kappa shape index (κ3) is 4.55. The number of carbonyl (C=O) groups is 1. The van der Waals surface area contributed by atoms with Gasteiger partial charge in [-0.05, 0) is 63.1 Å². The normalized spacial score (nSPS) is 18.9. The van der Waals surface area contributed by atoms with Gasteiger partial charge in [0.05, 0.1) is 12.7 Å². The largest absolute Gasteiger partial charge is 0.493 e. The molecule has 0 aliphatic heterocycles. The molecular formula is C21H23ClO3. The molecule has 3 rings (SSSR count). The molecule has 2 unspecified atom stereocenters. The highest BCUT2D eigenvalue weighted by atomic mass is 35.5. The number of ether oxygens (including phenoxy) is 2. The maximum absolute atomic E-state index is 11.3. The second kappa shape index (κ2) is 7.49. The van der Waals surface area contributed by atoms with E-state index in [1.54, 1.807) is 6.92 Å². The molecule has 0 aromatic heterocycles. The van der Waals surface area contributed by atoms with Crippen molar-refractivity contribution in [1.82, 2.24) is 0 Å². The van der Waals surface area contributed by atoms with Gasteiger partial charge in [-0.3, -0.25) is 4.79 Å². The molecule has 4 heteroatoms. The highest BCUT2D eigenvalue weighted by Crippen LogP contribution is 2.39. The van der Waals surface area contributed by atoms with Crippen molar-refractivity contribution in [3.05, 3.63) is 47.5 Å².